The molecule has 0 atom stereocenters. The lowest BCUT2D eigenvalue weighted by Crippen LogP contribution is -2.17. The number of nitrogens with one attached hydrogen (secondary N) is 1. The second kappa shape index (κ2) is 6.26. The van der Waals surface area contributed by atoms with Gasteiger partial charge in [-0.2, -0.15) is 5.10 Å². The van der Waals surface area contributed by atoms with Crippen LogP contribution >= 0.6 is 0 Å². The van der Waals surface area contributed by atoms with Crippen LogP contribution in [0.4, 0.5) is 0 Å². The maximum atomic E-state index is 11.9. The molecule has 1 aromatic heterocycles. The van der Waals surface area contributed by atoms with Gasteiger partial charge >= 0.3 is 0 Å². The van der Waals surface area contributed by atoms with Crippen LogP contribution in [0.3, 0.4) is 0 Å². The molecule has 0 unspecified atom stereocenters. The fourth-order valence-corrected chi connectivity index (χ4v) is 2.45. The first-order chi connectivity index (χ1) is 10.8. The molecular weight excluding hydrogens is 274 g/mol. The van der Waals surface area contributed by atoms with Gasteiger partial charge in [-0.15, -0.1) is 0 Å². The Morgan fingerprint density at radius 3 is 2.64 bits per heavy atom. The molecule has 1 N–H and O–H groups in total. The van der Waals surface area contributed by atoms with E-state index in [-0.39, 0.29) is 5.91 Å². The average Bonchev–Trinajstić information content (AvgIpc) is 2.94. The van der Waals surface area contributed by atoms with Crippen LogP contribution in [-0.4, -0.2) is 16.7 Å². The molecule has 0 radical (unpaired) electrons. The lowest BCUT2D eigenvalue weighted by Gasteiger charge is -1.98. The third-order valence-electron chi connectivity index (χ3n) is 3.57. The number of aryl methyl sites for hydroxylation is 1. The van der Waals surface area contributed by atoms with E-state index < -0.39 is 0 Å². The number of rotatable bonds is 4. The standard InChI is InChI=1S/C18H17N3O/c1-2-21-13-15(16-10-6-7-11-17(16)21)12-19-20-18(22)14-8-4-3-5-9-14/h3-13H,2H2,1H3,(H,20,22)/b19-12+. The van der Waals surface area contributed by atoms with Crippen LogP contribution in [0.25, 0.3) is 10.9 Å². The van der Waals surface area contributed by atoms with E-state index in [1.54, 1.807) is 18.3 Å². The Balaban J connectivity index is 1.80. The molecule has 3 rings (SSSR count). The normalized spacial score (nSPS) is 11.1. The molecule has 110 valence electrons. The van der Waals surface area contributed by atoms with E-state index in [9.17, 15) is 4.79 Å². The van der Waals surface area contributed by atoms with Crippen molar-refractivity contribution in [2.45, 2.75) is 13.5 Å². The van der Waals surface area contributed by atoms with Crippen LogP contribution in [0.1, 0.15) is 22.8 Å². The molecule has 3 aromatic rings. The molecule has 22 heavy (non-hydrogen) atoms. The fourth-order valence-electron chi connectivity index (χ4n) is 2.45. The van der Waals surface area contributed by atoms with Gasteiger partial charge in [-0.25, -0.2) is 5.43 Å². The predicted molar refractivity (Wildman–Crippen MR) is 89.1 cm³/mol. The van der Waals surface area contributed by atoms with E-state index >= 15 is 0 Å². The number of carbonyl (C=O) groups excluding carboxylic acids is 1. The first-order valence-electron chi connectivity index (χ1n) is 7.26. The number of aromatic nitrogens is 1. The highest BCUT2D eigenvalue weighted by Crippen LogP contribution is 2.19. The number of fused-ring (bicyclic) bond motifs is 1. The summed E-state index contributed by atoms with van der Waals surface area (Å²) in [6, 6.07) is 17.2. The lowest BCUT2D eigenvalue weighted by atomic mass is 10.2. The molecule has 0 saturated heterocycles. The van der Waals surface area contributed by atoms with Crippen molar-refractivity contribution in [2.24, 2.45) is 5.10 Å². The van der Waals surface area contributed by atoms with Crippen molar-refractivity contribution in [2.75, 3.05) is 0 Å². The van der Waals surface area contributed by atoms with Crippen molar-refractivity contribution in [1.29, 1.82) is 0 Å². The zero-order valence-electron chi connectivity index (χ0n) is 12.4. The topological polar surface area (TPSA) is 46.4 Å². The highest BCUT2D eigenvalue weighted by atomic mass is 16.2. The van der Waals surface area contributed by atoms with E-state index in [1.807, 2.05) is 36.5 Å². The monoisotopic (exact) mass is 291 g/mol. The van der Waals surface area contributed by atoms with Crippen molar-refractivity contribution < 1.29 is 4.79 Å². The molecular formula is C18H17N3O. The molecule has 1 amide bonds. The summed E-state index contributed by atoms with van der Waals surface area (Å²) in [5.74, 6) is -0.212. The first kappa shape index (κ1) is 14.1. The Kier molecular flexibility index (Phi) is 4.01. The van der Waals surface area contributed by atoms with E-state index in [0.717, 1.165) is 17.5 Å². The van der Waals surface area contributed by atoms with Gasteiger partial charge in [-0.1, -0.05) is 36.4 Å². The predicted octanol–water partition coefficient (Wildman–Crippen LogP) is 3.43. The van der Waals surface area contributed by atoms with Gasteiger partial charge in [-0.3, -0.25) is 4.79 Å². The zero-order valence-corrected chi connectivity index (χ0v) is 12.4. The van der Waals surface area contributed by atoms with Crippen molar-refractivity contribution in [3.8, 4) is 0 Å². The summed E-state index contributed by atoms with van der Waals surface area (Å²) >= 11 is 0. The number of hydrogen-bond donors (Lipinski definition) is 1. The molecule has 2 aromatic carbocycles. The van der Waals surface area contributed by atoms with Crippen LogP contribution in [-0.2, 0) is 6.54 Å². The summed E-state index contributed by atoms with van der Waals surface area (Å²) in [5.41, 5.74) is 5.31. The summed E-state index contributed by atoms with van der Waals surface area (Å²) in [7, 11) is 0. The average molecular weight is 291 g/mol. The Hall–Kier alpha value is -2.88. The van der Waals surface area contributed by atoms with Gasteiger partial charge in [0.1, 0.15) is 0 Å². The van der Waals surface area contributed by atoms with Crippen LogP contribution in [0.15, 0.2) is 65.9 Å². The smallest absolute Gasteiger partial charge is 0.271 e. The largest absolute Gasteiger partial charge is 0.347 e. The van der Waals surface area contributed by atoms with Crippen LogP contribution in [0.5, 0.6) is 0 Å². The van der Waals surface area contributed by atoms with Crippen LogP contribution in [0, 0.1) is 0 Å². The SMILES string of the molecule is CCn1cc(/C=N/NC(=O)c2ccccc2)c2ccccc21. The van der Waals surface area contributed by atoms with Gasteiger partial charge in [0.2, 0.25) is 0 Å². The number of nitrogens with zero attached hydrogens (tertiary/aromatic N) is 2. The zero-order chi connectivity index (χ0) is 15.4. The van der Waals surface area contributed by atoms with Crippen molar-refractivity contribution in [3.05, 3.63) is 71.9 Å². The minimum absolute atomic E-state index is 0.212. The Morgan fingerprint density at radius 1 is 1.14 bits per heavy atom. The number of hydrogen-bond acceptors (Lipinski definition) is 2. The highest BCUT2D eigenvalue weighted by Gasteiger charge is 2.05. The summed E-state index contributed by atoms with van der Waals surface area (Å²) in [6.45, 7) is 3.00. The van der Waals surface area contributed by atoms with Gasteiger partial charge in [0.05, 0.1) is 6.21 Å². The molecule has 0 spiro atoms. The van der Waals surface area contributed by atoms with Gasteiger partial charge in [0.15, 0.2) is 0 Å². The number of amides is 1. The third-order valence-corrected chi connectivity index (χ3v) is 3.57. The van der Waals surface area contributed by atoms with Crippen LogP contribution < -0.4 is 5.43 Å². The Morgan fingerprint density at radius 2 is 1.86 bits per heavy atom. The number of hydrazone groups is 1. The van der Waals surface area contributed by atoms with Crippen LogP contribution in [0.2, 0.25) is 0 Å². The number of para-hydroxylation sites is 1. The van der Waals surface area contributed by atoms with E-state index in [1.165, 1.54) is 5.52 Å². The number of carbonyl (C=O) groups is 1. The summed E-state index contributed by atoms with van der Waals surface area (Å²) in [4.78, 5) is 11.9. The molecule has 0 aliphatic heterocycles. The first-order valence-corrected chi connectivity index (χ1v) is 7.26. The summed E-state index contributed by atoms with van der Waals surface area (Å²) in [5, 5.41) is 5.20. The number of benzene rings is 2. The van der Waals surface area contributed by atoms with Crippen molar-refractivity contribution in [1.82, 2.24) is 9.99 Å². The maximum absolute atomic E-state index is 11.9. The fraction of sp³-hybridized carbons (Fsp3) is 0.111. The minimum Gasteiger partial charge on any atom is -0.347 e. The van der Waals surface area contributed by atoms with E-state index in [4.69, 9.17) is 0 Å². The Labute approximate surface area is 129 Å². The van der Waals surface area contributed by atoms with Gasteiger partial charge in [0, 0.05) is 34.8 Å². The second-order valence-electron chi connectivity index (χ2n) is 4.95. The van der Waals surface area contributed by atoms with E-state index in [0.29, 0.717) is 5.56 Å². The summed E-state index contributed by atoms with van der Waals surface area (Å²) in [6.07, 6.45) is 3.73. The maximum Gasteiger partial charge on any atom is 0.271 e. The van der Waals surface area contributed by atoms with Crippen molar-refractivity contribution >= 4 is 23.0 Å². The molecule has 4 nitrogen and oxygen atoms in total. The molecule has 4 heteroatoms. The molecule has 0 aliphatic carbocycles. The third kappa shape index (κ3) is 2.76. The molecule has 0 saturated carbocycles. The highest BCUT2D eigenvalue weighted by molar-refractivity contribution is 6.00. The summed E-state index contributed by atoms with van der Waals surface area (Å²) < 4.78 is 2.16. The molecule has 0 aliphatic rings. The Bertz CT molecular complexity index is 819. The van der Waals surface area contributed by atoms with Gasteiger partial charge in [0.25, 0.3) is 5.91 Å². The van der Waals surface area contributed by atoms with Gasteiger partial charge < -0.3 is 4.57 Å². The van der Waals surface area contributed by atoms with E-state index in [2.05, 4.69) is 34.2 Å². The quantitative estimate of drug-likeness (QED) is 0.581. The molecule has 1 heterocycles. The molecule has 0 fully saturated rings. The molecule has 0 bridgehead atoms. The lowest BCUT2D eigenvalue weighted by molar-refractivity contribution is 0.0955. The van der Waals surface area contributed by atoms with Crippen molar-refractivity contribution in [3.63, 3.8) is 0 Å². The van der Waals surface area contributed by atoms with Gasteiger partial charge in [-0.05, 0) is 25.1 Å². The second-order valence-corrected chi connectivity index (χ2v) is 4.95. The minimum atomic E-state index is -0.212.